The summed E-state index contributed by atoms with van der Waals surface area (Å²) >= 11 is 0. The number of nitrogens with two attached hydrogens (primary N) is 1. The van der Waals surface area contributed by atoms with Gasteiger partial charge in [0, 0.05) is 18.7 Å². The Morgan fingerprint density at radius 2 is 1.73 bits per heavy atom. The summed E-state index contributed by atoms with van der Waals surface area (Å²) in [6.07, 6.45) is 0.853. The standard InChI is InChI=1S/C29H38N6O8S/c1-29(2,3)43-28(38)35(13-15-36)14-16-41-17-18-42-24-8-6-5-7-22(24)34-27(37)25-26(30)32-19-23(33-25)20-9-11-21(12-10-20)44(39,40)31-4/h5-12,19,31,36H,13-18H2,1-4H3,(H2,30,32)(H,34,37). The van der Waals surface area contributed by atoms with Gasteiger partial charge >= 0.3 is 6.09 Å². The number of carbonyl (C=O) groups excluding carboxylic acids is 2. The number of rotatable bonds is 14. The molecule has 0 bridgehead atoms. The number of benzene rings is 2. The van der Waals surface area contributed by atoms with Crippen LogP contribution >= 0.6 is 0 Å². The van der Waals surface area contributed by atoms with Gasteiger partial charge in [-0.25, -0.2) is 27.9 Å². The number of para-hydroxylation sites is 2. The number of aliphatic hydroxyl groups excluding tert-OH is 1. The first-order valence-corrected chi connectivity index (χ1v) is 15.2. The third kappa shape index (κ3) is 9.87. The monoisotopic (exact) mass is 630 g/mol. The number of carbonyl (C=O) groups is 2. The molecular formula is C29H38N6O8S. The Morgan fingerprint density at radius 1 is 1.02 bits per heavy atom. The van der Waals surface area contributed by atoms with Gasteiger partial charge in [-0.2, -0.15) is 0 Å². The number of ether oxygens (including phenoxy) is 3. The molecule has 3 rings (SSSR count). The van der Waals surface area contributed by atoms with Crippen molar-refractivity contribution in [1.29, 1.82) is 0 Å². The van der Waals surface area contributed by atoms with Crippen molar-refractivity contribution >= 4 is 33.5 Å². The molecule has 1 heterocycles. The van der Waals surface area contributed by atoms with Crippen molar-refractivity contribution in [3.05, 3.63) is 60.4 Å². The van der Waals surface area contributed by atoms with Gasteiger partial charge < -0.3 is 35.3 Å². The van der Waals surface area contributed by atoms with Crippen LogP contribution in [0.5, 0.6) is 5.75 Å². The smallest absolute Gasteiger partial charge is 0.410 e. The topological polar surface area (TPSA) is 195 Å². The third-order valence-electron chi connectivity index (χ3n) is 5.89. The van der Waals surface area contributed by atoms with Gasteiger partial charge in [0.2, 0.25) is 10.0 Å². The lowest BCUT2D eigenvalue weighted by atomic mass is 10.1. The van der Waals surface area contributed by atoms with Crippen LogP contribution in [0, 0.1) is 0 Å². The molecule has 0 saturated carbocycles. The van der Waals surface area contributed by atoms with Crippen molar-refractivity contribution in [1.82, 2.24) is 19.6 Å². The van der Waals surface area contributed by atoms with Gasteiger partial charge in [-0.15, -0.1) is 0 Å². The first-order valence-electron chi connectivity index (χ1n) is 13.7. The van der Waals surface area contributed by atoms with E-state index in [1.54, 1.807) is 57.2 Å². The Morgan fingerprint density at radius 3 is 2.39 bits per heavy atom. The maximum atomic E-state index is 13.1. The zero-order valence-corrected chi connectivity index (χ0v) is 25.9. The summed E-state index contributed by atoms with van der Waals surface area (Å²) in [5.41, 5.74) is 6.41. The van der Waals surface area contributed by atoms with E-state index in [1.807, 2.05) is 0 Å². The Labute approximate surface area is 256 Å². The van der Waals surface area contributed by atoms with E-state index in [4.69, 9.17) is 19.9 Å². The summed E-state index contributed by atoms with van der Waals surface area (Å²) < 4.78 is 43.0. The molecule has 5 N–H and O–H groups in total. The number of hydrogen-bond donors (Lipinski definition) is 4. The fourth-order valence-electron chi connectivity index (χ4n) is 3.73. The van der Waals surface area contributed by atoms with Crippen LogP contribution in [0.3, 0.4) is 0 Å². The summed E-state index contributed by atoms with van der Waals surface area (Å²) in [5.74, 6) is -0.331. The van der Waals surface area contributed by atoms with E-state index in [0.29, 0.717) is 22.7 Å². The van der Waals surface area contributed by atoms with Gasteiger partial charge in [0.05, 0.1) is 42.3 Å². The van der Waals surface area contributed by atoms with E-state index in [2.05, 4.69) is 20.0 Å². The average Bonchev–Trinajstić information content (AvgIpc) is 2.98. The summed E-state index contributed by atoms with van der Waals surface area (Å²) in [4.78, 5) is 35.3. The Kier molecular flexibility index (Phi) is 12.0. The number of amides is 2. The lowest BCUT2D eigenvalue weighted by molar-refractivity contribution is 0.0127. The number of anilines is 2. The maximum absolute atomic E-state index is 13.1. The molecule has 44 heavy (non-hydrogen) atoms. The minimum atomic E-state index is -3.61. The first-order chi connectivity index (χ1) is 20.8. The Hall–Kier alpha value is -4.31. The highest BCUT2D eigenvalue weighted by Crippen LogP contribution is 2.26. The van der Waals surface area contributed by atoms with Crippen LogP contribution in [-0.4, -0.2) is 92.6 Å². The van der Waals surface area contributed by atoms with E-state index in [0.717, 1.165) is 0 Å². The van der Waals surface area contributed by atoms with Gasteiger partial charge in [0.1, 0.15) is 18.0 Å². The second-order valence-corrected chi connectivity index (χ2v) is 12.2. The molecule has 0 atom stereocenters. The summed E-state index contributed by atoms with van der Waals surface area (Å²) in [5, 5.41) is 12.0. The van der Waals surface area contributed by atoms with Gasteiger partial charge in [0.25, 0.3) is 5.91 Å². The van der Waals surface area contributed by atoms with Gasteiger partial charge in [-0.05, 0) is 52.1 Å². The Bertz CT molecular complexity index is 1530. The van der Waals surface area contributed by atoms with Gasteiger partial charge in [-0.1, -0.05) is 24.3 Å². The van der Waals surface area contributed by atoms with E-state index >= 15 is 0 Å². The van der Waals surface area contributed by atoms with Crippen LogP contribution in [0.15, 0.2) is 59.6 Å². The predicted octanol–water partition coefficient (Wildman–Crippen LogP) is 2.51. The highest BCUT2D eigenvalue weighted by Gasteiger charge is 2.22. The predicted molar refractivity (Wildman–Crippen MR) is 164 cm³/mol. The molecule has 0 radical (unpaired) electrons. The molecule has 0 aliphatic carbocycles. The summed E-state index contributed by atoms with van der Waals surface area (Å²) in [7, 11) is -2.29. The summed E-state index contributed by atoms with van der Waals surface area (Å²) in [6, 6.07) is 12.7. The average molecular weight is 631 g/mol. The summed E-state index contributed by atoms with van der Waals surface area (Å²) in [6.45, 7) is 5.96. The molecule has 0 aliphatic heterocycles. The molecule has 3 aromatic rings. The number of nitrogens with zero attached hydrogens (tertiary/aromatic N) is 3. The highest BCUT2D eigenvalue weighted by molar-refractivity contribution is 7.89. The third-order valence-corrected chi connectivity index (χ3v) is 7.32. The fraction of sp³-hybridized carbons (Fsp3) is 0.379. The number of aliphatic hydroxyl groups is 1. The van der Waals surface area contributed by atoms with Crippen molar-refractivity contribution in [2.24, 2.45) is 0 Å². The molecule has 0 aliphatic rings. The van der Waals surface area contributed by atoms with E-state index in [9.17, 15) is 23.1 Å². The number of aromatic nitrogens is 2. The van der Waals surface area contributed by atoms with E-state index in [-0.39, 0.29) is 55.9 Å². The maximum Gasteiger partial charge on any atom is 0.410 e. The van der Waals surface area contributed by atoms with Crippen LogP contribution in [0.4, 0.5) is 16.3 Å². The zero-order chi connectivity index (χ0) is 32.3. The van der Waals surface area contributed by atoms with Crippen molar-refractivity contribution in [3.63, 3.8) is 0 Å². The second kappa shape index (κ2) is 15.4. The highest BCUT2D eigenvalue weighted by atomic mass is 32.2. The minimum Gasteiger partial charge on any atom is -0.489 e. The quantitative estimate of drug-likeness (QED) is 0.191. The van der Waals surface area contributed by atoms with Crippen LogP contribution in [-0.2, 0) is 19.5 Å². The molecule has 0 spiro atoms. The number of hydrogen-bond acceptors (Lipinski definition) is 11. The van der Waals surface area contributed by atoms with E-state index < -0.39 is 27.6 Å². The number of nitrogens with one attached hydrogen (secondary N) is 2. The Balaban J connectivity index is 1.58. The molecule has 2 amide bonds. The zero-order valence-electron chi connectivity index (χ0n) is 25.1. The lowest BCUT2D eigenvalue weighted by Crippen LogP contribution is -2.40. The van der Waals surface area contributed by atoms with E-state index in [1.165, 1.54) is 30.3 Å². The molecule has 0 unspecified atom stereocenters. The van der Waals surface area contributed by atoms with Crippen molar-refractivity contribution in [2.75, 3.05) is 57.6 Å². The molecule has 1 aromatic heterocycles. The van der Waals surface area contributed by atoms with Crippen LogP contribution in [0.25, 0.3) is 11.3 Å². The lowest BCUT2D eigenvalue weighted by Gasteiger charge is -2.26. The van der Waals surface area contributed by atoms with Crippen LogP contribution in [0.1, 0.15) is 31.3 Å². The normalized spacial score (nSPS) is 11.6. The second-order valence-electron chi connectivity index (χ2n) is 10.3. The molecule has 15 heteroatoms. The molecule has 0 fully saturated rings. The molecular weight excluding hydrogens is 592 g/mol. The first kappa shape index (κ1) is 34.2. The molecule has 14 nitrogen and oxygen atoms in total. The van der Waals surface area contributed by atoms with Crippen molar-refractivity contribution in [3.8, 4) is 17.0 Å². The fourth-order valence-corrected chi connectivity index (χ4v) is 4.46. The largest absolute Gasteiger partial charge is 0.489 e. The molecule has 238 valence electrons. The van der Waals surface area contributed by atoms with Crippen LogP contribution < -0.4 is 20.5 Å². The van der Waals surface area contributed by atoms with Crippen molar-refractivity contribution in [2.45, 2.75) is 31.3 Å². The van der Waals surface area contributed by atoms with Gasteiger partial charge in [-0.3, -0.25) is 4.79 Å². The van der Waals surface area contributed by atoms with Gasteiger partial charge in [0.15, 0.2) is 11.5 Å². The van der Waals surface area contributed by atoms with Crippen LogP contribution in [0.2, 0.25) is 0 Å². The minimum absolute atomic E-state index is 0.0802. The molecule has 0 saturated heterocycles. The molecule has 2 aromatic carbocycles. The number of nitrogen functional groups attached to an aromatic ring is 1. The number of sulfonamides is 1. The van der Waals surface area contributed by atoms with Crippen molar-refractivity contribution < 1.29 is 37.3 Å². The SMILES string of the molecule is CNS(=O)(=O)c1ccc(-c2cnc(N)c(C(=O)Nc3ccccc3OCCOCCN(CCO)C(=O)OC(C)(C)C)n2)cc1.